The van der Waals surface area contributed by atoms with Gasteiger partial charge in [-0.25, -0.2) is 5.43 Å². The van der Waals surface area contributed by atoms with Crippen molar-refractivity contribution in [1.29, 1.82) is 0 Å². The van der Waals surface area contributed by atoms with E-state index >= 15 is 0 Å². The number of para-hydroxylation sites is 2. The van der Waals surface area contributed by atoms with Crippen molar-refractivity contribution >= 4 is 33.9 Å². The summed E-state index contributed by atoms with van der Waals surface area (Å²) in [6.07, 6.45) is 3.18. The van der Waals surface area contributed by atoms with Crippen molar-refractivity contribution in [2.45, 2.75) is 6.54 Å². The van der Waals surface area contributed by atoms with Gasteiger partial charge in [-0.1, -0.05) is 36.9 Å². The second-order valence-corrected chi connectivity index (χ2v) is 7.25. The zero-order valence-corrected chi connectivity index (χ0v) is 18.2. The lowest BCUT2D eigenvalue weighted by Gasteiger charge is -2.14. The molecule has 0 unspecified atom stereocenters. The van der Waals surface area contributed by atoms with Gasteiger partial charge in [0.2, 0.25) is 0 Å². The van der Waals surface area contributed by atoms with E-state index in [0.717, 1.165) is 5.56 Å². The number of ether oxygens (including phenoxy) is 2. The molecule has 0 aliphatic rings. The predicted octanol–water partition coefficient (Wildman–Crippen LogP) is 3.88. The van der Waals surface area contributed by atoms with E-state index in [2.05, 4.69) is 17.1 Å². The molecule has 4 rings (SSSR count). The van der Waals surface area contributed by atoms with Gasteiger partial charge >= 0.3 is 0 Å². The number of hydrazone groups is 1. The highest BCUT2D eigenvalue weighted by atomic mass is 16.5. The minimum absolute atomic E-state index is 0.0102. The molecular formula is C26H23N3O4. The highest BCUT2D eigenvalue weighted by Crippen LogP contribution is 2.27. The molecule has 0 aliphatic carbocycles. The lowest BCUT2D eigenvalue weighted by atomic mass is 10.1. The van der Waals surface area contributed by atoms with E-state index in [1.807, 2.05) is 41.0 Å². The molecule has 1 N–H and O–H groups in total. The van der Waals surface area contributed by atoms with Crippen LogP contribution in [0.15, 0.2) is 89.3 Å². The van der Waals surface area contributed by atoms with Crippen LogP contribution in [0.1, 0.15) is 5.56 Å². The molecular weight excluding hydrogens is 418 g/mol. The van der Waals surface area contributed by atoms with Crippen molar-refractivity contribution in [1.82, 2.24) is 9.99 Å². The van der Waals surface area contributed by atoms with E-state index in [1.165, 1.54) is 6.21 Å². The van der Waals surface area contributed by atoms with Crippen molar-refractivity contribution in [3.63, 3.8) is 0 Å². The molecule has 1 heterocycles. The number of carbonyl (C=O) groups is 1. The van der Waals surface area contributed by atoms with E-state index in [-0.39, 0.29) is 17.9 Å². The average Bonchev–Trinajstić information content (AvgIpc) is 2.85. The zero-order chi connectivity index (χ0) is 23.2. The third kappa shape index (κ3) is 4.62. The number of hydrogen-bond donors (Lipinski definition) is 1. The summed E-state index contributed by atoms with van der Waals surface area (Å²) in [4.78, 5) is 25.5. The van der Waals surface area contributed by atoms with Crippen LogP contribution in [0, 0.1) is 0 Å². The lowest BCUT2D eigenvalue weighted by Crippen LogP contribution is -2.25. The molecule has 0 spiro atoms. The quantitative estimate of drug-likeness (QED) is 0.195. The lowest BCUT2D eigenvalue weighted by molar-refractivity contribution is -0.121. The van der Waals surface area contributed by atoms with E-state index in [0.29, 0.717) is 39.9 Å². The van der Waals surface area contributed by atoms with E-state index in [9.17, 15) is 9.59 Å². The van der Waals surface area contributed by atoms with Gasteiger partial charge in [0.1, 0.15) is 13.2 Å². The molecule has 166 valence electrons. The van der Waals surface area contributed by atoms with Crippen LogP contribution < -0.4 is 20.3 Å². The van der Waals surface area contributed by atoms with Gasteiger partial charge in [-0.2, -0.15) is 5.10 Å². The van der Waals surface area contributed by atoms with Gasteiger partial charge in [0.05, 0.1) is 24.4 Å². The molecule has 0 atom stereocenters. The molecule has 4 aromatic rings. The smallest absolute Gasteiger partial charge is 0.260 e. The summed E-state index contributed by atoms with van der Waals surface area (Å²) in [5.41, 5.74) is 4.63. The van der Waals surface area contributed by atoms with Gasteiger partial charge in [-0.15, -0.1) is 0 Å². The van der Waals surface area contributed by atoms with Crippen LogP contribution in [0.2, 0.25) is 0 Å². The SMILES string of the molecule is C=CCOc1ccc(C=NNC(=O)Cn2c3ccccc3c(=O)c3ccccc32)cc1OC. The van der Waals surface area contributed by atoms with Crippen molar-refractivity contribution in [3.05, 3.63) is 95.2 Å². The van der Waals surface area contributed by atoms with Gasteiger partial charge in [0, 0.05) is 10.8 Å². The molecule has 0 bridgehead atoms. The molecule has 1 amide bonds. The number of hydrogen-bond acceptors (Lipinski definition) is 5. The molecule has 0 fully saturated rings. The molecule has 7 nitrogen and oxygen atoms in total. The number of fused-ring (bicyclic) bond motifs is 2. The monoisotopic (exact) mass is 441 g/mol. The minimum atomic E-state index is -0.317. The fraction of sp³-hybridized carbons (Fsp3) is 0.115. The molecule has 7 heteroatoms. The Hall–Kier alpha value is -4.39. The Morgan fingerprint density at radius 3 is 2.33 bits per heavy atom. The normalized spacial score (nSPS) is 11.1. The summed E-state index contributed by atoms with van der Waals surface area (Å²) < 4.78 is 12.7. The Kier molecular flexibility index (Phi) is 6.50. The summed E-state index contributed by atoms with van der Waals surface area (Å²) in [5, 5.41) is 5.21. The Labute approximate surface area is 190 Å². The molecule has 33 heavy (non-hydrogen) atoms. The van der Waals surface area contributed by atoms with E-state index in [1.54, 1.807) is 43.5 Å². The third-order valence-electron chi connectivity index (χ3n) is 5.13. The summed E-state index contributed by atoms with van der Waals surface area (Å²) in [5.74, 6) is 0.831. The number of pyridine rings is 1. The van der Waals surface area contributed by atoms with Gasteiger partial charge < -0.3 is 14.0 Å². The van der Waals surface area contributed by atoms with Gasteiger partial charge in [0.25, 0.3) is 5.91 Å². The van der Waals surface area contributed by atoms with Gasteiger partial charge in [-0.05, 0) is 48.0 Å². The standard InChI is InChI=1S/C26H23N3O4/c1-3-14-33-23-13-12-18(15-24(23)32-2)16-27-28-25(30)17-29-21-10-6-4-8-19(21)26(31)20-9-5-7-11-22(20)29/h3-13,15-16H,1,14,17H2,2H3,(H,28,30). The van der Waals surface area contributed by atoms with Gasteiger partial charge in [0.15, 0.2) is 16.9 Å². The highest BCUT2D eigenvalue weighted by Gasteiger charge is 2.12. The van der Waals surface area contributed by atoms with Crippen LogP contribution in [-0.4, -0.2) is 30.4 Å². The summed E-state index contributed by atoms with van der Waals surface area (Å²) in [6.45, 7) is 4.01. The van der Waals surface area contributed by atoms with Crippen LogP contribution in [-0.2, 0) is 11.3 Å². The highest BCUT2D eigenvalue weighted by molar-refractivity contribution is 5.95. The number of nitrogens with one attached hydrogen (secondary N) is 1. The second-order valence-electron chi connectivity index (χ2n) is 7.25. The van der Waals surface area contributed by atoms with Crippen LogP contribution >= 0.6 is 0 Å². The topological polar surface area (TPSA) is 81.9 Å². The number of methoxy groups -OCH3 is 1. The fourth-order valence-corrected chi connectivity index (χ4v) is 3.64. The van der Waals surface area contributed by atoms with Crippen molar-refractivity contribution < 1.29 is 14.3 Å². The fourth-order valence-electron chi connectivity index (χ4n) is 3.64. The maximum atomic E-state index is 12.8. The minimum Gasteiger partial charge on any atom is -0.493 e. The van der Waals surface area contributed by atoms with E-state index in [4.69, 9.17) is 9.47 Å². The summed E-state index contributed by atoms with van der Waals surface area (Å²) in [7, 11) is 1.55. The van der Waals surface area contributed by atoms with Gasteiger partial charge in [-0.3, -0.25) is 9.59 Å². The average molecular weight is 441 g/mol. The van der Waals surface area contributed by atoms with Crippen LogP contribution in [0.25, 0.3) is 21.8 Å². The maximum absolute atomic E-state index is 12.8. The maximum Gasteiger partial charge on any atom is 0.260 e. The first kappa shape index (κ1) is 21.8. The molecule has 0 saturated heterocycles. The summed E-state index contributed by atoms with van der Waals surface area (Å²) >= 11 is 0. The number of nitrogens with zero attached hydrogens (tertiary/aromatic N) is 2. The Morgan fingerprint density at radius 2 is 1.70 bits per heavy atom. The number of carbonyl (C=O) groups excluding carboxylic acids is 1. The molecule has 0 saturated carbocycles. The number of benzene rings is 3. The largest absolute Gasteiger partial charge is 0.493 e. The third-order valence-corrected chi connectivity index (χ3v) is 5.13. The Balaban J connectivity index is 1.55. The van der Waals surface area contributed by atoms with Crippen LogP contribution in [0.4, 0.5) is 0 Å². The number of rotatable bonds is 8. The van der Waals surface area contributed by atoms with Crippen molar-refractivity contribution in [2.75, 3.05) is 13.7 Å². The van der Waals surface area contributed by atoms with E-state index < -0.39 is 0 Å². The first-order chi connectivity index (χ1) is 16.1. The second kappa shape index (κ2) is 9.82. The zero-order valence-electron chi connectivity index (χ0n) is 18.2. The van der Waals surface area contributed by atoms with Crippen molar-refractivity contribution in [2.24, 2.45) is 5.10 Å². The molecule has 3 aromatic carbocycles. The molecule has 0 aliphatic heterocycles. The first-order valence-corrected chi connectivity index (χ1v) is 10.4. The Morgan fingerprint density at radius 1 is 1.03 bits per heavy atom. The number of amides is 1. The summed E-state index contributed by atoms with van der Waals surface area (Å²) in [6, 6.07) is 19.9. The van der Waals surface area contributed by atoms with Crippen LogP contribution in [0.3, 0.4) is 0 Å². The van der Waals surface area contributed by atoms with Crippen LogP contribution in [0.5, 0.6) is 11.5 Å². The van der Waals surface area contributed by atoms with Crippen molar-refractivity contribution in [3.8, 4) is 11.5 Å². The predicted molar refractivity (Wildman–Crippen MR) is 130 cm³/mol. The molecule has 0 radical (unpaired) electrons. The molecule has 1 aromatic heterocycles. The first-order valence-electron chi connectivity index (χ1n) is 10.4. The number of aromatic nitrogens is 1. The Bertz CT molecular complexity index is 1360.